The number of hydrogen-bond donors (Lipinski definition) is 2. The van der Waals surface area contributed by atoms with Crippen LogP contribution in [-0.2, 0) is 0 Å². The Balaban J connectivity index is 2.45. The third kappa shape index (κ3) is 1.63. The number of rotatable bonds is 3. The van der Waals surface area contributed by atoms with Gasteiger partial charge in [-0.2, -0.15) is 0 Å². The Labute approximate surface area is 85.7 Å². The SMILES string of the molecule is NCCSc1c[nH]c2cccc(F)c12. The molecule has 0 spiro atoms. The molecule has 0 aliphatic heterocycles. The quantitative estimate of drug-likeness (QED) is 0.764. The summed E-state index contributed by atoms with van der Waals surface area (Å²) in [4.78, 5) is 3.97. The van der Waals surface area contributed by atoms with Gasteiger partial charge in [-0.05, 0) is 12.1 Å². The summed E-state index contributed by atoms with van der Waals surface area (Å²) >= 11 is 1.57. The van der Waals surface area contributed by atoms with Crippen LogP contribution in [0.15, 0.2) is 29.3 Å². The number of halogens is 1. The number of nitrogens with two attached hydrogens (primary N) is 1. The molecule has 0 saturated carbocycles. The zero-order valence-corrected chi connectivity index (χ0v) is 8.40. The first kappa shape index (κ1) is 9.55. The lowest BCUT2D eigenvalue weighted by molar-refractivity contribution is 0.638. The predicted octanol–water partition coefficient (Wildman–Crippen LogP) is 2.36. The van der Waals surface area contributed by atoms with Gasteiger partial charge in [0.15, 0.2) is 0 Å². The van der Waals surface area contributed by atoms with Crippen molar-refractivity contribution < 1.29 is 4.39 Å². The van der Waals surface area contributed by atoms with Gasteiger partial charge in [-0.25, -0.2) is 4.39 Å². The normalized spacial score (nSPS) is 11.0. The van der Waals surface area contributed by atoms with Gasteiger partial charge in [0, 0.05) is 34.3 Å². The smallest absolute Gasteiger partial charge is 0.133 e. The average Bonchev–Trinajstić information content (AvgIpc) is 2.59. The molecule has 0 saturated heterocycles. The van der Waals surface area contributed by atoms with Crippen molar-refractivity contribution in [3.63, 3.8) is 0 Å². The molecule has 1 heterocycles. The zero-order chi connectivity index (χ0) is 9.97. The number of thioether (sulfide) groups is 1. The Morgan fingerprint density at radius 1 is 1.43 bits per heavy atom. The van der Waals surface area contributed by atoms with Gasteiger partial charge in [-0.1, -0.05) is 6.07 Å². The highest BCUT2D eigenvalue weighted by Crippen LogP contribution is 2.29. The molecule has 0 unspecified atom stereocenters. The van der Waals surface area contributed by atoms with E-state index in [-0.39, 0.29) is 5.82 Å². The highest BCUT2D eigenvalue weighted by atomic mass is 32.2. The fourth-order valence-corrected chi connectivity index (χ4v) is 2.22. The second kappa shape index (κ2) is 4.02. The second-order valence-corrected chi connectivity index (χ2v) is 4.09. The van der Waals surface area contributed by atoms with Crippen LogP contribution in [0, 0.1) is 5.82 Å². The molecule has 4 heteroatoms. The van der Waals surface area contributed by atoms with Crippen LogP contribution < -0.4 is 5.73 Å². The van der Waals surface area contributed by atoms with E-state index < -0.39 is 0 Å². The van der Waals surface area contributed by atoms with Crippen LogP contribution in [0.5, 0.6) is 0 Å². The van der Waals surface area contributed by atoms with E-state index in [9.17, 15) is 4.39 Å². The Bertz CT molecular complexity index is 439. The van der Waals surface area contributed by atoms with Crippen molar-refractivity contribution in [2.24, 2.45) is 5.73 Å². The van der Waals surface area contributed by atoms with Gasteiger partial charge in [0.25, 0.3) is 0 Å². The average molecular weight is 210 g/mol. The molecule has 2 nitrogen and oxygen atoms in total. The summed E-state index contributed by atoms with van der Waals surface area (Å²) in [6.07, 6.45) is 1.83. The Morgan fingerprint density at radius 3 is 3.07 bits per heavy atom. The molecule has 1 aromatic heterocycles. The van der Waals surface area contributed by atoms with Crippen LogP contribution in [0.3, 0.4) is 0 Å². The van der Waals surface area contributed by atoms with Crippen molar-refractivity contribution >= 4 is 22.7 Å². The Kier molecular flexibility index (Phi) is 2.74. The van der Waals surface area contributed by atoms with Crippen LogP contribution in [-0.4, -0.2) is 17.3 Å². The van der Waals surface area contributed by atoms with E-state index in [4.69, 9.17) is 5.73 Å². The number of hydrogen-bond acceptors (Lipinski definition) is 2. The van der Waals surface area contributed by atoms with Crippen molar-refractivity contribution in [1.29, 1.82) is 0 Å². The maximum absolute atomic E-state index is 13.4. The maximum atomic E-state index is 13.4. The summed E-state index contributed by atoms with van der Waals surface area (Å²) in [7, 11) is 0. The number of nitrogens with one attached hydrogen (secondary N) is 1. The largest absolute Gasteiger partial charge is 0.360 e. The van der Waals surface area contributed by atoms with Crippen molar-refractivity contribution in [3.8, 4) is 0 Å². The van der Waals surface area contributed by atoms with Gasteiger partial charge < -0.3 is 10.7 Å². The monoisotopic (exact) mass is 210 g/mol. The molecule has 2 rings (SSSR count). The molecular formula is C10H11FN2S. The Hall–Kier alpha value is -1.00. The van der Waals surface area contributed by atoms with Crippen molar-refractivity contribution in [2.45, 2.75) is 4.90 Å². The van der Waals surface area contributed by atoms with Crippen LogP contribution >= 0.6 is 11.8 Å². The molecule has 14 heavy (non-hydrogen) atoms. The fourth-order valence-electron chi connectivity index (χ4n) is 1.39. The van der Waals surface area contributed by atoms with Gasteiger partial charge >= 0.3 is 0 Å². The number of aromatic amines is 1. The summed E-state index contributed by atoms with van der Waals surface area (Å²) in [5.74, 6) is 0.629. The minimum atomic E-state index is -0.178. The third-order valence-corrected chi connectivity index (χ3v) is 3.07. The van der Waals surface area contributed by atoms with E-state index in [1.54, 1.807) is 17.8 Å². The number of H-pyrrole nitrogens is 1. The first-order valence-electron chi connectivity index (χ1n) is 4.41. The van der Waals surface area contributed by atoms with E-state index in [0.717, 1.165) is 16.2 Å². The predicted molar refractivity (Wildman–Crippen MR) is 58.0 cm³/mol. The minimum absolute atomic E-state index is 0.178. The molecule has 2 aromatic rings. The lowest BCUT2D eigenvalue weighted by Crippen LogP contribution is -2.00. The second-order valence-electron chi connectivity index (χ2n) is 2.95. The first-order valence-corrected chi connectivity index (χ1v) is 5.40. The van der Waals surface area contributed by atoms with Crippen LogP contribution in [0.4, 0.5) is 4.39 Å². The van der Waals surface area contributed by atoms with Gasteiger partial charge in [0.1, 0.15) is 5.82 Å². The van der Waals surface area contributed by atoms with E-state index in [2.05, 4.69) is 4.98 Å². The highest BCUT2D eigenvalue weighted by Gasteiger charge is 2.07. The summed E-state index contributed by atoms with van der Waals surface area (Å²) in [5, 5.41) is 0.672. The lowest BCUT2D eigenvalue weighted by Gasteiger charge is -1.97. The number of benzene rings is 1. The van der Waals surface area contributed by atoms with E-state index >= 15 is 0 Å². The number of fused-ring (bicyclic) bond motifs is 1. The van der Waals surface area contributed by atoms with Crippen molar-refractivity contribution in [3.05, 3.63) is 30.2 Å². The van der Waals surface area contributed by atoms with Gasteiger partial charge in [-0.15, -0.1) is 11.8 Å². The molecule has 3 N–H and O–H groups in total. The molecule has 0 aliphatic carbocycles. The summed E-state index contributed by atoms with van der Waals surface area (Å²) in [5.41, 5.74) is 6.24. The zero-order valence-electron chi connectivity index (χ0n) is 7.59. The van der Waals surface area contributed by atoms with Gasteiger partial charge in [0.2, 0.25) is 0 Å². The molecule has 0 fully saturated rings. The topological polar surface area (TPSA) is 41.8 Å². The lowest BCUT2D eigenvalue weighted by atomic mass is 10.2. The summed E-state index contributed by atoms with van der Waals surface area (Å²) < 4.78 is 13.4. The molecule has 0 bridgehead atoms. The molecule has 0 aliphatic rings. The number of aromatic nitrogens is 1. The van der Waals surface area contributed by atoms with Crippen molar-refractivity contribution in [1.82, 2.24) is 4.98 Å². The molecule has 0 atom stereocenters. The first-order chi connectivity index (χ1) is 6.83. The van der Waals surface area contributed by atoms with Crippen LogP contribution in [0.2, 0.25) is 0 Å². The van der Waals surface area contributed by atoms with Crippen molar-refractivity contribution in [2.75, 3.05) is 12.3 Å². The maximum Gasteiger partial charge on any atom is 0.133 e. The van der Waals surface area contributed by atoms with Crippen LogP contribution in [0.1, 0.15) is 0 Å². The minimum Gasteiger partial charge on any atom is -0.360 e. The van der Waals surface area contributed by atoms with Gasteiger partial charge in [0.05, 0.1) is 0 Å². The fraction of sp³-hybridized carbons (Fsp3) is 0.200. The third-order valence-electron chi connectivity index (χ3n) is 1.99. The van der Waals surface area contributed by atoms with E-state index in [0.29, 0.717) is 11.9 Å². The standard InChI is InChI=1S/C10H11FN2S/c11-7-2-1-3-8-10(7)9(6-13-8)14-5-4-12/h1-3,6,13H,4-5,12H2. The highest BCUT2D eigenvalue weighted by molar-refractivity contribution is 7.99. The summed E-state index contributed by atoms with van der Waals surface area (Å²) in [6.45, 7) is 0.603. The molecule has 1 aromatic carbocycles. The van der Waals surface area contributed by atoms with E-state index in [1.807, 2.05) is 12.3 Å². The summed E-state index contributed by atoms with van der Waals surface area (Å²) in [6, 6.07) is 5.04. The van der Waals surface area contributed by atoms with Gasteiger partial charge in [-0.3, -0.25) is 0 Å². The molecule has 0 radical (unpaired) electrons. The molecule has 74 valence electrons. The Morgan fingerprint density at radius 2 is 2.29 bits per heavy atom. The molecular weight excluding hydrogens is 199 g/mol. The molecule has 0 amide bonds. The van der Waals surface area contributed by atoms with E-state index in [1.165, 1.54) is 6.07 Å². The van der Waals surface area contributed by atoms with Crippen LogP contribution in [0.25, 0.3) is 10.9 Å².